The normalized spacial score (nSPS) is 28.2. The number of rotatable bonds is 3. The number of hydrogen-bond donors (Lipinski definition) is 1. The van der Waals surface area contributed by atoms with Crippen LogP contribution in [-0.4, -0.2) is 29.9 Å². The summed E-state index contributed by atoms with van der Waals surface area (Å²) in [4.78, 5) is 14.7. The first kappa shape index (κ1) is 17.3. The minimum absolute atomic E-state index is 0. The first-order chi connectivity index (χ1) is 10.2. The van der Waals surface area contributed by atoms with Gasteiger partial charge in [-0.25, -0.2) is 0 Å². The number of hydrogen-bond acceptors (Lipinski definition) is 2. The molecule has 4 heteroatoms. The van der Waals surface area contributed by atoms with Crippen molar-refractivity contribution in [2.45, 2.75) is 44.6 Å². The molecule has 3 atom stereocenters. The number of carbonyl (C=O) groups excluding carboxylic acids is 1. The van der Waals surface area contributed by atoms with Crippen LogP contribution in [0.5, 0.6) is 0 Å². The Labute approximate surface area is 139 Å². The maximum atomic E-state index is 12.6. The van der Waals surface area contributed by atoms with E-state index in [1.807, 2.05) is 0 Å². The zero-order valence-electron chi connectivity index (χ0n) is 13.1. The molecule has 2 aliphatic rings. The summed E-state index contributed by atoms with van der Waals surface area (Å²) in [6.07, 6.45) is 6.35. The molecule has 2 fully saturated rings. The molecule has 1 aliphatic heterocycles. The van der Waals surface area contributed by atoms with Crippen LogP contribution in [0.3, 0.4) is 0 Å². The largest absolute Gasteiger partial charge is 0.342 e. The van der Waals surface area contributed by atoms with Crippen LogP contribution in [0.2, 0.25) is 0 Å². The molecule has 22 heavy (non-hydrogen) atoms. The lowest BCUT2D eigenvalue weighted by molar-refractivity contribution is -0.135. The Morgan fingerprint density at radius 1 is 1.18 bits per heavy atom. The van der Waals surface area contributed by atoms with Crippen molar-refractivity contribution >= 4 is 18.3 Å². The predicted octanol–water partition coefficient (Wildman–Crippen LogP) is 3.02. The lowest BCUT2D eigenvalue weighted by Crippen LogP contribution is -2.39. The second-order valence-corrected chi connectivity index (χ2v) is 6.75. The smallest absolute Gasteiger partial charge is 0.225 e. The molecule has 3 rings (SSSR count). The average molecular weight is 323 g/mol. The topological polar surface area (TPSA) is 46.3 Å². The van der Waals surface area contributed by atoms with Gasteiger partial charge in [-0.2, -0.15) is 0 Å². The molecule has 122 valence electrons. The van der Waals surface area contributed by atoms with Gasteiger partial charge in [0.05, 0.1) is 0 Å². The molecule has 0 radical (unpaired) electrons. The van der Waals surface area contributed by atoms with Crippen molar-refractivity contribution in [3.05, 3.63) is 35.9 Å². The second-order valence-electron chi connectivity index (χ2n) is 6.75. The van der Waals surface area contributed by atoms with Crippen LogP contribution < -0.4 is 5.73 Å². The Morgan fingerprint density at radius 2 is 1.95 bits per heavy atom. The molecule has 0 spiro atoms. The second kappa shape index (κ2) is 7.98. The number of halogens is 1. The van der Waals surface area contributed by atoms with Gasteiger partial charge in [0.25, 0.3) is 0 Å². The molecule has 3 nitrogen and oxygen atoms in total. The number of nitrogens with two attached hydrogens (primary N) is 1. The zero-order valence-corrected chi connectivity index (χ0v) is 13.9. The SMILES string of the molecule is Cl.NC1CCCC(C(=O)N2CCC(Cc3ccccc3)C2)C1. The van der Waals surface area contributed by atoms with Gasteiger partial charge in [-0.05, 0) is 43.6 Å². The summed E-state index contributed by atoms with van der Waals surface area (Å²) in [7, 11) is 0. The molecule has 1 saturated heterocycles. The van der Waals surface area contributed by atoms with Gasteiger partial charge in [-0.3, -0.25) is 4.79 Å². The van der Waals surface area contributed by atoms with Crippen LogP contribution >= 0.6 is 12.4 Å². The molecular weight excluding hydrogens is 296 g/mol. The number of nitrogens with zero attached hydrogens (tertiary/aromatic N) is 1. The third kappa shape index (κ3) is 4.23. The fourth-order valence-corrected chi connectivity index (χ4v) is 3.86. The maximum Gasteiger partial charge on any atom is 0.225 e. The third-order valence-electron chi connectivity index (χ3n) is 5.03. The molecule has 1 saturated carbocycles. The van der Waals surface area contributed by atoms with Crippen LogP contribution in [-0.2, 0) is 11.2 Å². The first-order valence-corrected chi connectivity index (χ1v) is 8.30. The van der Waals surface area contributed by atoms with E-state index >= 15 is 0 Å². The van der Waals surface area contributed by atoms with Crippen molar-refractivity contribution in [2.24, 2.45) is 17.6 Å². The number of amides is 1. The lowest BCUT2D eigenvalue weighted by Gasteiger charge is -2.29. The van der Waals surface area contributed by atoms with Crippen molar-refractivity contribution in [1.82, 2.24) is 4.90 Å². The van der Waals surface area contributed by atoms with Crippen molar-refractivity contribution in [3.63, 3.8) is 0 Å². The first-order valence-electron chi connectivity index (χ1n) is 8.30. The van der Waals surface area contributed by atoms with Crippen LogP contribution in [0.25, 0.3) is 0 Å². The summed E-state index contributed by atoms with van der Waals surface area (Å²) in [6.45, 7) is 1.86. The van der Waals surface area contributed by atoms with E-state index in [-0.39, 0.29) is 24.4 Å². The van der Waals surface area contributed by atoms with E-state index in [1.54, 1.807) is 0 Å². The van der Waals surface area contributed by atoms with E-state index in [2.05, 4.69) is 35.2 Å². The van der Waals surface area contributed by atoms with Gasteiger partial charge in [0.15, 0.2) is 0 Å². The van der Waals surface area contributed by atoms with Crippen LogP contribution in [0.1, 0.15) is 37.7 Å². The fourth-order valence-electron chi connectivity index (χ4n) is 3.86. The van der Waals surface area contributed by atoms with E-state index in [9.17, 15) is 4.79 Å². The molecule has 1 aromatic rings. The van der Waals surface area contributed by atoms with E-state index in [0.29, 0.717) is 11.8 Å². The summed E-state index contributed by atoms with van der Waals surface area (Å²) >= 11 is 0. The fraction of sp³-hybridized carbons (Fsp3) is 0.611. The van der Waals surface area contributed by atoms with Gasteiger partial charge in [0, 0.05) is 25.0 Å². The Morgan fingerprint density at radius 3 is 2.68 bits per heavy atom. The minimum Gasteiger partial charge on any atom is -0.342 e. The monoisotopic (exact) mass is 322 g/mol. The Balaban J connectivity index is 0.00000176. The summed E-state index contributed by atoms with van der Waals surface area (Å²) in [5.41, 5.74) is 7.41. The molecule has 2 N–H and O–H groups in total. The molecule has 1 aromatic carbocycles. The average Bonchev–Trinajstić information content (AvgIpc) is 2.96. The molecule has 0 bridgehead atoms. The van der Waals surface area contributed by atoms with Crippen molar-refractivity contribution in [1.29, 1.82) is 0 Å². The van der Waals surface area contributed by atoms with Crippen molar-refractivity contribution in [2.75, 3.05) is 13.1 Å². The minimum atomic E-state index is 0. The van der Waals surface area contributed by atoms with E-state index in [0.717, 1.165) is 51.6 Å². The summed E-state index contributed by atoms with van der Waals surface area (Å²) < 4.78 is 0. The Kier molecular flexibility index (Phi) is 6.27. The number of carbonyl (C=O) groups is 1. The molecule has 1 aliphatic carbocycles. The summed E-state index contributed by atoms with van der Waals surface area (Å²) in [5.74, 6) is 1.17. The number of benzene rings is 1. The van der Waals surface area contributed by atoms with Crippen LogP contribution in [0.15, 0.2) is 30.3 Å². The Bertz CT molecular complexity index is 479. The van der Waals surface area contributed by atoms with Gasteiger partial charge in [0.1, 0.15) is 0 Å². The van der Waals surface area contributed by atoms with Gasteiger partial charge >= 0.3 is 0 Å². The highest BCUT2D eigenvalue weighted by Crippen LogP contribution is 2.28. The van der Waals surface area contributed by atoms with Gasteiger partial charge in [-0.15, -0.1) is 12.4 Å². The van der Waals surface area contributed by atoms with Crippen LogP contribution in [0, 0.1) is 11.8 Å². The van der Waals surface area contributed by atoms with Crippen LogP contribution in [0.4, 0.5) is 0 Å². The zero-order chi connectivity index (χ0) is 14.7. The van der Waals surface area contributed by atoms with E-state index in [1.165, 1.54) is 5.56 Å². The van der Waals surface area contributed by atoms with E-state index < -0.39 is 0 Å². The van der Waals surface area contributed by atoms with Gasteiger partial charge in [0.2, 0.25) is 5.91 Å². The highest BCUT2D eigenvalue weighted by Gasteiger charge is 2.32. The highest BCUT2D eigenvalue weighted by atomic mass is 35.5. The Hall–Kier alpha value is -1.06. The molecule has 1 amide bonds. The summed E-state index contributed by atoms with van der Waals surface area (Å²) in [5, 5.41) is 0. The molecular formula is C18H27ClN2O. The predicted molar refractivity (Wildman–Crippen MR) is 92.0 cm³/mol. The third-order valence-corrected chi connectivity index (χ3v) is 5.03. The molecule has 0 aromatic heterocycles. The molecule has 3 unspecified atom stereocenters. The molecule has 1 heterocycles. The van der Waals surface area contributed by atoms with Crippen molar-refractivity contribution < 1.29 is 4.79 Å². The van der Waals surface area contributed by atoms with Crippen molar-refractivity contribution in [3.8, 4) is 0 Å². The standard InChI is InChI=1S/C18H26N2O.ClH/c19-17-8-4-7-16(12-17)18(21)20-10-9-15(13-20)11-14-5-2-1-3-6-14;/h1-3,5-6,15-17H,4,7-13,19H2;1H. The van der Waals surface area contributed by atoms with Gasteiger partial charge < -0.3 is 10.6 Å². The highest BCUT2D eigenvalue weighted by molar-refractivity contribution is 5.85. The number of likely N-dealkylation sites (tertiary alicyclic amines) is 1. The summed E-state index contributed by atoms with van der Waals surface area (Å²) in [6, 6.07) is 10.8. The van der Waals surface area contributed by atoms with Gasteiger partial charge in [-0.1, -0.05) is 36.8 Å². The maximum absolute atomic E-state index is 12.6. The lowest BCUT2D eigenvalue weighted by atomic mass is 9.85. The quantitative estimate of drug-likeness (QED) is 0.929. The van der Waals surface area contributed by atoms with E-state index in [4.69, 9.17) is 5.73 Å².